The summed E-state index contributed by atoms with van der Waals surface area (Å²) in [4.78, 5) is 23.9. The molecule has 2 amide bonds. The molecule has 1 aromatic rings. The number of hydrazine groups is 1. The summed E-state index contributed by atoms with van der Waals surface area (Å²) in [6.45, 7) is 0. The summed E-state index contributed by atoms with van der Waals surface area (Å²) in [6, 6.07) is 2.73. The first-order valence-electron chi connectivity index (χ1n) is 4.83. The molecule has 4 N–H and O–H groups in total. The monoisotopic (exact) mass is 282 g/mol. The third-order valence-corrected chi connectivity index (χ3v) is 5.05. The van der Waals surface area contributed by atoms with Gasteiger partial charge in [0, 0.05) is 0 Å². The number of nitrogens with one attached hydrogen (secondary N) is 2. The minimum atomic E-state index is -0.512. The van der Waals surface area contributed by atoms with Crippen molar-refractivity contribution in [2.75, 3.05) is 0 Å². The predicted molar refractivity (Wildman–Crippen MR) is 64.8 cm³/mol. The number of rotatable bonds is 0. The number of phenolic OH excluding ortho intramolecular Hbond substituents is 2. The van der Waals surface area contributed by atoms with Gasteiger partial charge in [-0.15, -0.1) is 0 Å². The summed E-state index contributed by atoms with van der Waals surface area (Å²) in [5, 5.41) is 19.4. The van der Waals surface area contributed by atoms with Crippen LogP contribution < -0.4 is 10.9 Å². The standard InChI is InChI=1S/C10H6N2O4S2/c13-3-1-2-4(14)7-6(3)17-10(18-7)5-8(15)11-12-9(5)16/h1-2,13-14H,(H,11,15)(H,12,16). The van der Waals surface area contributed by atoms with E-state index in [-0.39, 0.29) is 17.1 Å². The molecule has 1 saturated heterocycles. The maximum Gasteiger partial charge on any atom is 0.277 e. The number of benzene rings is 1. The second kappa shape index (κ2) is 3.85. The number of amides is 2. The Morgan fingerprint density at radius 1 is 0.889 bits per heavy atom. The van der Waals surface area contributed by atoms with Crippen molar-refractivity contribution in [3.05, 3.63) is 21.9 Å². The minimum Gasteiger partial charge on any atom is -0.507 e. The van der Waals surface area contributed by atoms with Crippen LogP contribution in [0.5, 0.6) is 11.5 Å². The Hall–Kier alpha value is -1.80. The SMILES string of the molecule is O=C1NNC(=O)C1=C1Sc2c(O)ccc(O)c2S1. The van der Waals surface area contributed by atoms with Crippen LogP contribution in [-0.4, -0.2) is 22.0 Å². The number of thioether (sulfide) groups is 2. The topological polar surface area (TPSA) is 98.7 Å². The van der Waals surface area contributed by atoms with Crippen molar-refractivity contribution in [2.24, 2.45) is 0 Å². The van der Waals surface area contributed by atoms with Crippen molar-refractivity contribution in [1.82, 2.24) is 10.9 Å². The fraction of sp³-hybridized carbons (Fsp3) is 0. The molecule has 0 unspecified atom stereocenters. The predicted octanol–water partition coefficient (Wildman–Crippen LogP) is 0.668. The van der Waals surface area contributed by atoms with Gasteiger partial charge in [-0.05, 0) is 12.1 Å². The van der Waals surface area contributed by atoms with E-state index >= 15 is 0 Å². The van der Waals surface area contributed by atoms with Gasteiger partial charge in [0.15, 0.2) is 0 Å². The van der Waals surface area contributed by atoms with E-state index in [1.54, 1.807) is 0 Å². The molecule has 1 aromatic carbocycles. The van der Waals surface area contributed by atoms with Gasteiger partial charge in [-0.2, -0.15) is 0 Å². The Kier molecular flexibility index (Phi) is 2.42. The van der Waals surface area contributed by atoms with Crippen LogP contribution in [0.2, 0.25) is 0 Å². The zero-order chi connectivity index (χ0) is 12.9. The highest BCUT2D eigenvalue weighted by molar-refractivity contribution is 8.25. The second-order valence-corrected chi connectivity index (χ2v) is 5.84. The van der Waals surface area contributed by atoms with Gasteiger partial charge in [0.1, 0.15) is 17.1 Å². The molecule has 0 bridgehead atoms. The van der Waals surface area contributed by atoms with Crippen LogP contribution in [0.15, 0.2) is 31.7 Å². The highest BCUT2D eigenvalue weighted by Gasteiger charge is 2.35. The first-order valence-corrected chi connectivity index (χ1v) is 6.47. The van der Waals surface area contributed by atoms with Crippen molar-refractivity contribution in [1.29, 1.82) is 0 Å². The van der Waals surface area contributed by atoms with Gasteiger partial charge in [0.2, 0.25) is 0 Å². The van der Waals surface area contributed by atoms with E-state index in [0.717, 1.165) is 23.5 Å². The van der Waals surface area contributed by atoms with E-state index in [4.69, 9.17) is 0 Å². The molecule has 1 fully saturated rings. The zero-order valence-corrected chi connectivity index (χ0v) is 10.3. The number of aromatic hydroxyl groups is 2. The molecule has 6 nitrogen and oxygen atoms in total. The largest absolute Gasteiger partial charge is 0.507 e. The Labute approximate surface area is 109 Å². The van der Waals surface area contributed by atoms with E-state index in [0.29, 0.717) is 14.0 Å². The molecular weight excluding hydrogens is 276 g/mol. The molecule has 2 aliphatic rings. The molecule has 0 saturated carbocycles. The smallest absolute Gasteiger partial charge is 0.277 e. The first-order chi connectivity index (χ1) is 8.58. The van der Waals surface area contributed by atoms with Crippen LogP contribution in [0.25, 0.3) is 0 Å². The van der Waals surface area contributed by atoms with Gasteiger partial charge in [-0.3, -0.25) is 20.4 Å². The van der Waals surface area contributed by atoms with Crippen LogP contribution >= 0.6 is 23.5 Å². The highest BCUT2D eigenvalue weighted by Crippen LogP contribution is 2.58. The quantitative estimate of drug-likeness (QED) is 0.317. The van der Waals surface area contributed by atoms with Gasteiger partial charge in [0.25, 0.3) is 11.8 Å². The average molecular weight is 282 g/mol. The van der Waals surface area contributed by atoms with Crippen molar-refractivity contribution in [3.8, 4) is 11.5 Å². The second-order valence-electron chi connectivity index (χ2n) is 3.54. The Morgan fingerprint density at radius 2 is 1.33 bits per heavy atom. The minimum absolute atomic E-state index is 0.000000000000000222. The number of phenols is 2. The fourth-order valence-corrected chi connectivity index (χ4v) is 4.18. The molecule has 8 heteroatoms. The highest BCUT2D eigenvalue weighted by atomic mass is 32.2. The third kappa shape index (κ3) is 1.53. The molecule has 2 heterocycles. The molecule has 0 radical (unpaired) electrons. The van der Waals surface area contributed by atoms with Crippen LogP contribution in [0.1, 0.15) is 0 Å². The number of hydrogen-bond donors (Lipinski definition) is 4. The van der Waals surface area contributed by atoms with Crippen molar-refractivity contribution in [2.45, 2.75) is 9.79 Å². The van der Waals surface area contributed by atoms with E-state index in [1.807, 2.05) is 0 Å². The summed E-state index contributed by atoms with van der Waals surface area (Å²) >= 11 is 2.19. The van der Waals surface area contributed by atoms with E-state index in [2.05, 4.69) is 10.9 Å². The molecule has 3 rings (SSSR count). The lowest BCUT2D eigenvalue weighted by Gasteiger charge is -2.00. The summed E-state index contributed by atoms with van der Waals surface area (Å²) in [5.41, 5.74) is 4.41. The normalized spacial score (nSPS) is 17.8. The van der Waals surface area contributed by atoms with Gasteiger partial charge >= 0.3 is 0 Å². The summed E-state index contributed by atoms with van der Waals surface area (Å²) in [5.74, 6) is -1.01. The van der Waals surface area contributed by atoms with Gasteiger partial charge in [0.05, 0.1) is 14.0 Å². The van der Waals surface area contributed by atoms with Gasteiger partial charge < -0.3 is 10.2 Å². The van der Waals surface area contributed by atoms with E-state index in [1.165, 1.54) is 12.1 Å². The van der Waals surface area contributed by atoms with Crippen LogP contribution in [0.3, 0.4) is 0 Å². The van der Waals surface area contributed by atoms with Crippen LogP contribution in [0.4, 0.5) is 0 Å². The Bertz CT molecular complexity index is 576. The van der Waals surface area contributed by atoms with Crippen LogP contribution in [-0.2, 0) is 9.59 Å². The molecule has 0 aliphatic carbocycles. The molecule has 0 aromatic heterocycles. The summed E-state index contributed by atoms with van der Waals surface area (Å²) < 4.78 is 0.439. The molecule has 0 atom stereocenters. The number of carbonyl (C=O) groups excluding carboxylic acids is 2. The number of fused-ring (bicyclic) bond motifs is 1. The number of carbonyl (C=O) groups is 2. The third-order valence-electron chi connectivity index (χ3n) is 2.41. The lowest BCUT2D eigenvalue weighted by Crippen LogP contribution is -2.28. The Balaban J connectivity index is 2.11. The maximum atomic E-state index is 11.5. The lowest BCUT2D eigenvalue weighted by molar-refractivity contribution is -0.117. The van der Waals surface area contributed by atoms with E-state index < -0.39 is 11.8 Å². The van der Waals surface area contributed by atoms with E-state index in [9.17, 15) is 19.8 Å². The molecule has 0 spiro atoms. The van der Waals surface area contributed by atoms with Gasteiger partial charge in [-0.25, -0.2) is 0 Å². The average Bonchev–Trinajstić information content (AvgIpc) is 2.89. The molecule has 18 heavy (non-hydrogen) atoms. The fourth-order valence-electron chi connectivity index (χ4n) is 1.57. The van der Waals surface area contributed by atoms with Crippen molar-refractivity contribution in [3.63, 3.8) is 0 Å². The summed E-state index contributed by atoms with van der Waals surface area (Å²) in [6.07, 6.45) is 0. The summed E-state index contributed by atoms with van der Waals surface area (Å²) in [7, 11) is 0. The maximum absolute atomic E-state index is 11.5. The number of hydrogen-bond acceptors (Lipinski definition) is 6. The van der Waals surface area contributed by atoms with Crippen molar-refractivity contribution < 1.29 is 19.8 Å². The zero-order valence-electron chi connectivity index (χ0n) is 8.68. The Morgan fingerprint density at radius 3 is 1.78 bits per heavy atom. The molecule has 92 valence electrons. The molecular formula is C10H6N2O4S2. The first kappa shape index (κ1) is 11.3. The molecule has 2 aliphatic heterocycles. The van der Waals surface area contributed by atoms with Crippen molar-refractivity contribution >= 4 is 35.3 Å². The lowest BCUT2D eigenvalue weighted by atomic mass is 10.3. The van der Waals surface area contributed by atoms with Gasteiger partial charge in [-0.1, -0.05) is 23.5 Å². The van der Waals surface area contributed by atoms with Crippen LogP contribution in [0, 0.1) is 0 Å².